The number of nitrogens with two attached hydrogens (primary N) is 1. The lowest BCUT2D eigenvalue weighted by Gasteiger charge is -2.34. The number of nitrogens with zero attached hydrogens (tertiary/aromatic N) is 2. The Kier molecular flexibility index (Phi) is 2.92. The zero-order chi connectivity index (χ0) is 12.5. The van der Waals surface area contributed by atoms with Crippen LogP contribution in [0.4, 0.5) is 0 Å². The Balaban J connectivity index is 1.84. The Bertz CT molecular complexity index is 544. The highest BCUT2D eigenvalue weighted by Crippen LogP contribution is 2.41. The van der Waals surface area contributed by atoms with Crippen molar-refractivity contribution in [2.45, 2.75) is 38.3 Å². The van der Waals surface area contributed by atoms with Gasteiger partial charge >= 0.3 is 0 Å². The third-order valence-electron chi connectivity index (χ3n) is 3.84. The molecule has 0 bridgehead atoms. The lowest BCUT2D eigenvalue weighted by atomic mass is 9.73. The van der Waals surface area contributed by atoms with E-state index in [1.165, 1.54) is 11.1 Å². The third kappa shape index (κ3) is 1.75. The molecule has 0 spiro atoms. The minimum Gasteiger partial charge on any atom is -0.334 e. The van der Waals surface area contributed by atoms with Crippen LogP contribution in [-0.2, 0) is 13.0 Å². The second-order valence-electron chi connectivity index (χ2n) is 5.01. The zero-order valence-electron chi connectivity index (χ0n) is 10.7. The van der Waals surface area contributed by atoms with Crippen LogP contribution in [0.1, 0.15) is 42.3 Å². The Morgan fingerprint density at radius 1 is 1.44 bits per heavy atom. The van der Waals surface area contributed by atoms with E-state index in [1.54, 1.807) is 0 Å². The molecule has 0 amide bonds. The normalized spacial score (nSPS) is 19.1. The van der Waals surface area contributed by atoms with Gasteiger partial charge in [-0.15, -0.1) is 0 Å². The summed E-state index contributed by atoms with van der Waals surface area (Å²) in [5.74, 6) is 1.45. The summed E-state index contributed by atoms with van der Waals surface area (Å²) in [6, 6.07) is 8.59. The molecule has 2 N–H and O–H groups in total. The fourth-order valence-electron chi connectivity index (χ4n) is 2.85. The van der Waals surface area contributed by atoms with Crippen molar-refractivity contribution in [2.24, 2.45) is 5.73 Å². The van der Waals surface area contributed by atoms with Crippen LogP contribution in [0.2, 0.25) is 0 Å². The van der Waals surface area contributed by atoms with Crippen molar-refractivity contribution in [3.63, 3.8) is 0 Å². The highest BCUT2D eigenvalue weighted by Gasteiger charge is 2.33. The molecule has 0 fully saturated rings. The molecule has 0 radical (unpaired) electrons. The molecule has 2 atom stereocenters. The van der Waals surface area contributed by atoms with E-state index in [-0.39, 0.29) is 6.04 Å². The molecule has 1 aliphatic carbocycles. The molecule has 2 aromatic rings. The van der Waals surface area contributed by atoms with Crippen LogP contribution < -0.4 is 5.73 Å². The van der Waals surface area contributed by atoms with Crippen molar-refractivity contribution < 1.29 is 0 Å². The average Bonchev–Trinajstić information content (AvgIpc) is 2.79. The maximum atomic E-state index is 6.41. The standard InChI is InChI=1S/C15H19N3/c1-2-8-18-9-7-17-15(18)14(16)13-10-11-5-3-4-6-12(11)13/h3-7,9,13-14H,2,8,10,16H2,1H3. The second kappa shape index (κ2) is 4.58. The summed E-state index contributed by atoms with van der Waals surface area (Å²) < 4.78 is 2.19. The van der Waals surface area contributed by atoms with Crippen LogP contribution in [0.25, 0.3) is 0 Å². The summed E-state index contributed by atoms with van der Waals surface area (Å²) >= 11 is 0. The molecule has 1 aromatic carbocycles. The van der Waals surface area contributed by atoms with Gasteiger partial charge in [0.05, 0.1) is 6.04 Å². The average molecular weight is 241 g/mol. The zero-order valence-corrected chi connectivity index (χ0v) is 10.7. The summed E-state index contributed by atoms with van der Waals surface area (Å²) in [7, 11) is 0. The van der Waals surface area contributed by atoms with Crippen LogP contribution in [0.5, 0.6) is 0 Å². The molecule has 0 aliphatic heterocycles. The third-order valence-corrected chi connectivity index (χ3v) is 3.84. The highest BCUT2D eigenvalue weighted by molar-refractivity contribution is 5.41. The number of benzene rings is 1. The van der Waals surface area contributed by atoms with Gasteiger partial charge in [0.2, 0.25) is 0 Å². The van der Waals surface area contributed by atoms with Gasteiger partial charge in [0.25, 0.3) is 0 Å². The molecule has 0 saturated heterocycles. The minimum absolute atomic E-state index is 0.0152. The van der Waals surface area contributed by atoms with E-state index in [9.17, 15) is 0 Å². The van der Waals surface area contributed by atoms with E-state index in [0.29, 0.717) is 5.92 Å². The largest absolute Gasteiger partial charge is 0.334 e. The van der Waals surface area contributed by atoms with Gasteiger partial charge < -0.3 is 10.3 Å². The van der Waals surface area contributed by atoms with E-state index in [0.717, 1.165) is 25.2 Å². The first kappa shape index (κ1) is 11.5. The van der Waals surface area contributed by atoms with E-state index in [1.807, 2.05) is 12.4 Å². The van der Waals surface area contributed by atoms with Crippen molar-refractivity contribution >= 4 is 0 Å². The summed E-state index contributed by atoms with van der Waals surface area (Å²) in [6.45, 7) is 3.17. The van der Waals surface area contributed by atoms with Gasteiger partial charge in [-0.1, -0.05) is 31.2 Å². The number of imidazole rings is 1. The predicted octanol–water partition coefficient (Wildman–Crippen LogP) is 2.63. The number of fused-ring (bicyclic) bond motifs is 1. The van der Waals surface area contributed by atoms with E-state index < -0.39 is 0 Å². The fraction of sp³-hybridized carbons (Fsp3) is 0.400. The van der Waals surface area contributed by atoms with Crippen LogP contribution in [0.15, 0.2) is 36.7 Å². The van der Waals surface area contributed by atoms with Gasteiger partial charge in [-0.25, -0.2) is 4.98 Å². The first-order chi connectivity index (χ1) is 8.81. The van der Waals surface area contributed by atoms with Gasteiger partial charge in [-0.3, -0.25) is 0 Å². The first-order valence-corrected chi connectivity index (χ1v) is 6.65. The Labute approximate surface area is 108 Å². The van der Waals surface area contributed by atoms with Crippen molar-refractivity contribution in [3.05, 3.63) is 53.6 Å². The smallest absolute Gasteiger partial charge is 0.126 e. The minimum atomic E-state index is 0.0152. The molecule has 0 saturated carbocycles. The second-order valence-corrected chi connectivity index (χ2v) is 5.01. The fourth-order valence-corrected chi connectivity index (χ4v) is 2.85. The Morgan fingerprint density at radius 3 is 3.06 bits per heavy atom. The van der Waals surface area contributed by atoms with Gasteiger partial charge in [-0.05, 0) is 24.0 Å². The molecular weight excluding hydrogens is 222 g/mol. The molecular formula is C15H19N3. The maximum absolute atomic E-state index is 6.41. The predicted molar refractivity (Wildman–Crippen MR) is 72.3 cm³/mol. The van der Waals surface area contributed by atoms with Gasteiger partial charge in [0, 0.05) is 24.9 Å². The van der Waals surface area contributed by atoms with Gasteiger partial charge in [-0.2, -0.15) is 0 Å². The van der Waals surface area contributed by atoms with Crippen LogP contribution in [0, 0.1) is 0 Å². The molecule has 18 heavy (non-hydrogen) atoms. The van der Waals surface area contributed by atoms with E-state index in [4.69, 9.17) is 5.73 Å². The molecule has 3 nitrogen and oxygen atoms in total. The quantitative estimate of drug-likeness (QED) is 0.894. The molecule has 1 heterocycles. The molecule has 3 heteroatoms. The van der Waals surface area contributed by atoms with Crippen LogP contribution in [0.3, 0.4) is 0 Å². The first-order valence-electron chi connectivity index (χ1n) is 6.65. The summed E-state index contributed by atoms with van der Waals surface area (Å²) in [6.07, 6.45) is 6.08. The van der Waals surface area contributed by atoms with Crippen LogP contribution >= 0.6 is 0 Å². The molecule has 1 aromatic heterocycles. The topological polar surface area (TPSA) is 43.8 Å². The lowest BCUT2D eigenvalue weighted by Crippen LogP contribution is -2.31. The molecule has 94 valence electrons. The summed E-state index contributed by atoms with van der Waals surface area (Å²) in [5.41, 5.74) is 9.24. The molecule has 3 rings (SSSR count). The highest BCUT2D eigenvalue weighted by atomic mass is 15.1. The Hall–Kier alpha value is -1.61. The van der Waals surface area contributed by atoms with E-state index >= 15 is 0 Å². The van der Waals surface area contributed by atoms with Crippen LogP contribution in [-0.4, -0.2) is 9.55 Å². The van der Waals surface area contributed by atoms with Crippen molar-refractivity contribution in [3.8, 4) is 0 Å². The van der Waals surface area contributed by atoms with Crippen molar-refractivity contribution in [1.82, 2.24) is 9.55 Å². The lowest BCUT2D eigenvalue weighted by molar-refractivity contribution is 0.458. The van der Waals surface area contributed by atoms with Gasteiger partial charge in [0.1, 0.15) is 5.82 Å². The number of hydrogen-bond acceptors (Lipinski definition) is 2. The van der Waals surface area contributed by atoms with E-state index in [2.05, 4.69) is 40.7 Å². The number of hydrogen-bond donors (Lipinski definition) is 1. The summed E-state index contributed by atoms with van der Waals surface area (Å²) in [5, 5.41) is 0. The summed E-state index contributed by atoms with van der Waals surface area (Å²) in [4.78, 5) is 4.45. The molecule has 1 aliphatic rings. The van der Waals surface area contributed by atoms with Gasteiger partial charge in [0.15, 0.2) is 0 Å². The van der Waals surface area contributed by atoms with Crippen molar-refractivity contribution in [1.29, 1.82) is 0 Å². The number of rotatable bonds is 4. The number of aromatic nitrogens is 2. The maximum Gasteiger partial charge on any atom is 0.126 e. The van der Waals surface area contributed by atoms with Crippen molar-refractivity contribution in [2.75, 3.05) is 0 Å². The Morgan fingerprint density at radius 2 is 2.28 bits per heavy atom. The SMILES string of the molecule is CCCn1ccnc1C(N)C1Cc2ccccc21. The molecule has 2 unspecified atom stereocenters. The monoisotopic (exact) mass is 241 g/mol. The number of aryl methyl sites for hydroxylation is 1.